The van der Waals surface area contributed by atoms with E-state index in [-0.39, 0.29) is 24.3 Å². The average molecular weight is 409 g/mol. The number of benzene rings is 2. The van der Waals surface area contributed by atoms with Crippen LogP contribution in [0, 0.1) is 0 Å². The number of nitrogens with zero attached hydrogens (tertiary/aromatic N) is 1. The summed E-state index contributed by atoms with van der Waals surface area (Å²) in [5.41, 5.74) is 1.88. The molecule has 1 aliphatic carbocycles. The van der Waals surface area contributed by atoms with Gasteiger partial charge in [-0.15, -0.1) is 0 Å². The van der Waals surface area contributed by atoms with E-state index in [1.54, 1.807) is 12.0 Å². The van der Waals surface area contributed by atoms with E-state index in [0.29, 0.717) is 6.54 Å². The SMILES string of the molecule is COc1cccc(CN(C(=O)Cc2ccccc2)C(C)C(=O)NC2CCCCC2)c1. The summed E-state index contributed by atoms with van der Waals surface area (Å²) in [6.07, 6.45) is 5.85. The van der Waals surface area contributed by atoms with Gasteiger partial charge in [0.05, 0.1) is 13.5 Å². The van der Waals surface area contributed by atoms with Gasteiger partial charge in [-0.25, -0.2) is 0 Å². The molecule has 5 heteroatoms. The first-order valence-corrected chi connectivity index (χ1v) is 10.8. The Morgan fingerprint density at radius 1 is 1.03 bits per heavy atom. The largest absolute Gasteiger partial charge is 0.497 e. The Hall–Kier alpha value is -2.82. The highest BCUT2D eigenvalue weighted by atomic mass is 16.5. The normalized spacial score (nSPS) is 15.3. The van der Waals surface area contributed by atoms with Gasteiger partial charge in [0.2, 0.25) is 11.8 Å². The molecule has 2 amide bonds. The molecule has 5 nitrogen and oxygen atoms in total. The van der Waals surface area contributed by atoms with Gasteiger partial charge in [0, 0.05) is 12.6 Å². The number of rotatable bonds is 8. The quantitative estimate of drug-likeness (QED) is 0.715. The summed E-state index contributed by atoms with van der Waals surface area (Å²) in [6.45, 7) is 2.18. The first-order valence-electron chi connectivity index (χ1n) is 10.8. The zero-order chi connectivity index (χ0) is 21.3. The van der Waals surface area contributed by atoms with Crippen LogP contribution in [-0.4, -0.2) is 35.9 Å². The Morgan fingerprint density at radius 3 is 2.43 bits per heavy atom. The Kier molecular flexibility index (Phi) is 7.89. The standard InChI is InChI=1S/C25H32N2O3/c1-19(25(29)26-22-13-7-4-8-14-22)27(18-21-12-9-15-23(16-21)30-2)24(28)17-20-10-5-3-6-11-20/h3,5-6,9-12,15-16,19,22H,4,7-8,13-14,17-18H2,1-2H3,(H,26,29). The van der Waals surface area contributed by atoms with Gasteiger partial charge in [0.15, 0.2) is 0 Å². The van der Waals surface area contributed by atoms with Gasteiger partial charge in [-0.3, -0.25) is 9.59 Å². The van der Waals surface area contributed by atoms with E-state index in [1.165, 1.54) is 6.42 Å². The molecule has 0 aromatic heterocycles. The molecule has 160 valence electrons. The van der Waals surface area contributed by atoms with Crippen LogP contribution < -0.4 is 10.1 Å². The summed E-state index contributed by atoms with van der Waals surface area (Å²) >= 11 is 0. The Labute approximate surface area is 179 Å². The average Bonchev–Trinajstić information content (AvgIpc) is 2.78. The first kappa shape index (κ1) is 21.9. The number of amides is 2. The van der Waals surface area contributed by atoms with E-state index in [2.05, 4.69) is 5.32 Å². The molecule has 0 spiro atoms. The van der Waals surface area contributed by atoms with Crippen LogP contribution in [0.5, 0.6) is 5.75 Å². The van der Waals surface area contributed by atoms with Gasteiger partial charge in [-0.2, -0.15) is 0 Å². The molecule has 1 N–H and O–H groups in total. The molecule has 0 saturated heterocycles. The molecule has 1 fully saturated rings. The van der Waals surface area contributed by atoms with Gasteiger partial charge in [0.25, 0.3) is 0 Å². The first-order chi connectivity index (χ1) is 14.6. The van der Waals surface area contributed by atoms with Gasteiger partial charge in [-0.05, 0) is 43.0 Å². The van der Waals surface area contributed by atoms with Crippen molar-refractivity contribution in [2.24, 2.45) is 0 Å². The van der Waals surface area contributed by atoms with Crippen LogP contribution in [0.25, 0.3) is 0 Å². The summed E-state index contributed by atoms with van der Waals surface area (Å²) < 4.78 is 5.32. The van der Waals surface area contributed by atoms with Crippen LogP contribution in [0.1, 0.15) is 50.2 Å². The molecular formula is C25H32N2O3. The monoisotopic (exact) mass is 408 g/mol. The molecule has 1 saturated carbocycles. The lowest BCUT2D eigenvalue weighted by atomic mass is 9.95. The summed E-state index contributed by atoms with van der Waals surface area (Å²) in [5, 5.41) is 3.17. The molecule has 2 aromatic carbocycles. The fourth-order valence-electron chi connectivity index (χ4n) is 3.99. The van der Waals surface area contributed by atoms with E-state index in [9.17, 15) is 9.59 Å². The van der Waals surface area contributed by atoms with Crippen molar-refractivity contribution in [2.45, 2.75) is 64.1 Å². The minimum Gasteiger partial charge on any atom is -0.497 e. The van der Waals surface area contributed by atoms with Crippen LogP contribution >= 0.6 is 0 Å². The van der Waals surface area contributed by atoms with Crippen molar-refractivity contribution in [3.8, 4) is 5.75 Å². The molecule has 30 heavy (non-hydrogen) atoms. The number of ether oxygens (including phenoxy) is 1. The third-order valence-corrected chi connectivity index (χ3v) is 5.80. The minimum absolute atomic E-state index is 0.0599. The van der Waals surface area contributed by atoms with Crippen molar-refractivity contribution < 1.29 is 14.3 Å². The minimum atomic E-state index is -0.547. The molecule has 3 rings (SSSR count). The second-order valence-corrected chi connectivity index (χ2v) is 8.06. The number of hydrogen-bond acceptors (Lipinski definition) is 3. The summed E-state index contributed by atoms with van der Waals surface area (Å²) in [7, 11) is 1.62. The van der Waals surface area contributed by atoms with Crippen molar-refractivity contribution in [3.63, 3.8) is 0 Å². The second-order valence-electron chi connectivity index (χ2n) is 8.06. The predicted molar refractivity (Wildman–Crippen MR) is 118 cm³/mol. The number of methoxy groups -OCH3 is 1. The zero-order valence-electron chi connectivity index (χ0n) is 18.0. The number of hydrogen-bond donors (Lipinski definition) is 1. The maximum absolute atomic E-state index is 13.2. The lowest BCUT2D eigenvalue weighted by Crippen LogP contribution is -2.50. The highest BCUT2D eigenvalue weighted by Gasteiger charge is 2.28. The van der Waals surface area contributed by atoms with E-state index >= 15 is 0 Å². The molecular weight excluding hydrogens is 376 g/mol. The second kappa shape index (κ2) is 10.8. The molecule has 0 heterocycles. The maximum atomic E-state index is 13.2. The Bertz CT molecular complexity index is 831. The highest BCUT2D eigenvalue weighted by Crippen LogP contribution is 2.20. The van der Waals surface area contributed by atoms with E-state index in [0.717, 1.165) is 42.6 Å². The van der Waals surface area contributed by atoms with Crippen molar-refractivity contribution >= 4 is 11.8 Å². The summed E-state index contributed by atoms with van der Waals surface area (Å²) in [4.78, 5) is 27.9. The predicted octanol–water partition coefficient (Wildman–Crippen LogP) is 4.10. The third-order valence-electron chi connectivity index (χ3n) is 5.80. The number of carbonyl (C=O) groups is 2. The van der Waals surface area contributed by atoms with Crippen LogP contribution in [0.4, 0.5) is 0 Å². The van der Waals surface area contributed by atoms with Gasteiger partial charge >= 0.3 is 0 Å². The van der Waals surface area contributed by atoms with Crippen LogP contribution in [0.3, 0.4) is 0 Å². The van der Waals surface area contributed by atoms with Gasteiger partial charge in [-0.1, -0.05) is 61.7 Å². The summed E-state index contributed by atoms with van der Waals surface area (Å²) in [5.74, 6) is 0.601. The molecule has 1 atom stereocenters. The van der Waals surface area contributed by atoms with Crippen molar-refractivity contribution in [2.75, 3.05) is 7.11 Å². The molecule has 2 aromatic rings. The molecule has 0 bridgehead atoms. The smallest absolute Gasteiger partial charge is 0.242 e. The Balaban J connectivity index is 1.76. The molecule has 1 aliphatic rings. The topological polar surface area (TPSA) is 58.6 Å². The highest BCUT2D eigenvalue weighted by molar-refractivity contribution is 5.88. The van der Waals surface area contributed by atoms with Crippen LogP contribution in [0.15, 0.2) is 54.6 Å². The van der Waals surface area contributed by atoms with Crippen molar-refractivity contribution in [3.05, 3.63) is 65.7 Å². The number of nitrogens with one attached hydrogen (secondary N) is 1. The molecule has 1 unspecified atom stereocenters. The van der Waals surface area contributed by atoms with E-state index in [1.807, 2.05) is 61.5 Å². The fourth-order valence-corrected chi connectivity index (χ4v) is 3.99. The lowest BCUT2D eigenvalue weighted by Gasteiger charge is -2.31. The number of carbonyl (C=O) groups excluding carboxylic acids is 2. The molecule has 0 aliphatic heterocycles. The van der Waals surface area contributed by atoms with Crippen molar-refractivity contribution in [1.29, 1.82) is 0 Å². The summed E-state index contributed by atoms with van der Waals surface area (Å²) in [6, 6.07) is 17.0. The van der Waals surface area contributed by atoms with Crippen LogP contribution in [-0.2, 0) is 22.6 Å². The van der Waals surface area contributed by atoms with Crippen LogP contribution in [0.2, 0.25) is 0 Å². The zero-order valence-corrected chi connectivity index (χ0v) is 18.0. The lowest BCUT2D eigenvalue weighted by molar-refractivity contribution is -0.140. The Morgan fingerprint density at radius 2 is 1.73 bits per heavy atom. The van der Waals surface area contributed by atoms with E-state index < -0.39 is 6.04 Å². The third kappa shape index (κ3) is 6.09. The molecule has 0 radical (unpaired) electrons. The van der Waals surface area contributed by atoms with Crippen molar-refractivity contribution in [1.82, 2.24) is 10.2 Å². The maximum Gasteiger partial charge on any atom is 0.242 e. The van der Waals surface area contributed by atoms with Gasteiger partial charge < -0.3 is 15.0 Å². The fraction of sp³-hybridized carbons (Fsp3) is 0.440. The van der Waals surface area contributed by atoms with Gasteiger partial charge in [0.1, 0.15) is 11.8 Å². The van der Waals surface area contributed by atoms with E-state index in [4.69, 9.17) is 4.74 Å².